The fourth-order valence-electron chi connectivity index (χ4n) is 2.54. The van der Waals surface area contributed by atoms with E-state index in [0.29, 0.717) is 23.4 Å². The molecule has 1 saturated carbocycles. The first kappa shape index (κ1) is 20.0. The molecule has 0 spiro atoms. The smallest absolute Gasteiger partial charge is 0.167 e. The van der Waals surface area contributed by atoms with Crippen LogP contribution in [0.15, 0.2) is 30.6 Å². The Balaban J connectivity index is 0.000000419. The van der Waals surface area contributed by atoms with Gasteiger partial charge >= 0.3 is 0 Å². The van der Waals surface area contributed by atoms with Gasteiger partial charge in [0.15, 0.2) is 23.1 Å². The number of halogens is 1. The van der Waals surface area contributed by atoms with Gasteiger partial charge in [-0.3, -0.25) is 5.10 Å². The molecule has 9 nitrogen and oxygen atoms in total. The van der Waals surface area contributed by atoms with Crippen LogP contribution in [0.1, 0.15) is 25.0 Å². The second-order valence-electron chi connectivity index (χ2n) is 6.36. The lowest BCUT2D eigenvalue weighted by Gasteiger charge is -2.18. The van der Waals surface area contributed by atoms with Crippen LogP contribution >= 0.6 is 0 Å². The van der Waals surface area contributed by atoms with Gasteiger partial charge < -0.3 is 20.9 Å². The topological polar surface area (TPSA) is 146 Å². The van der Waals surface area contributed by atoms with Crippen molar-refractivity contribution >= 4 is 11.6 Å². The molecule has 1 aliphatic carbocycles. The first-order chi connectivity index (χ1) is 14.0. The number of rotatable bonds is 4. The third kappa shape index (κ3) is 4.77. The Kier molecular flexibility index (Phi) is 6.21. The number of aromatic nitrogens is 4. The summed E-state index contributed by atoms with van der Waals surface area (Å²) in [5, 5.41) is 28.3. The summed E-state index contributed by atoms with van der Waals surface area (Å²) in [5.41, 5.74) is 6.08. The lowest BCUT2D eigenvalue weighted by atomic mass is 9.95. The first-order valence-electron chi connectivity index (χ1n) is 8.87. The monoisotopic (exact) mass is 397 g/mol. The van der Waals surface area contributed by atoms with E-state index >= 15 is 0 Å². The van der Waals surface area contributed by atoms with Crippen molar-refractivity contribution in [2.45, 2.75) is 25.3 Å². The number of benzene rings is 1. The minimum atomic E-state index is -0.604. The zero-order valence-corrected chi connectivity index (χ0v) is 15.7. The van der Waals surface area contributed by atoms with Crippen LogP contribution in [0.3, 0.4) is 0 Å². The number of H-pyrrole nitrogens is 1. The number of nitrogens with one attached hydrogen (secondary N) is 2. The Hall–Kier alpha value is -3.71. The lowest BCUT2D eigenvalue weighted by Crippen LogP contribution is -2.27. The maximum Gasteiger partial charge on any atom is 0.167 e. The summed E-state index contributed by atoms with van der Waals surface area (Å²) in [6.45, 7) is 0. The molecule has 0 radical (unpaired) electrons. The number of hydrogen-bond acceptors (Lipinski definition) is 8. The number of aromatic hydroxyl groups is 1. The van der Waals surface area contributed by atoms with E-state index < -0.39 is 5.82 Å². The van der Waals surface area contributed by atoms with Crippen molar-refractivity contribution in [1.82, 2.24) is 20.2 Å². The van der Waals surface area contributed by atoms with E-state index in [9.17, 15) is 9.50 Å². The van der Waals surface area contributed by atoms with E-state index in [1.165, 1.54) is 44.8 Å². The number of methoxy groups -OCH3 is 1. The maximum atomic E-state index is 13.8. The summed E-state index contributed by atoms with van der Waals surface area (Å²) in [4.78, 5) is 7.89. The van der Waals surface area contributed by atoms with Crippen molar-refractivity contribution in [2.24, 2.45) is 5.73 Å². The van der Waals surface area contributed by atoms with Crippen LogP contribution in [0.4, 0.5) is 16.0 Å². The number of nitrogens with two attached hydrogens (primary N) is 1. The molecule has 0 atom stereocenters. The molecule has 0 saturated heterocycles. The van der Waals surface area contributed by atoms with Crippen LogP contribution in [-0.2, 0) is 0 Å². The Morgan fingerprint density at radius 1 is 1.31 bits per heavy atom. The Morgan fingerprint density at radius 2 is 2.07 bits per heavy atom. The molecule has 5 N–H and O–H groups in total. The van der Waals surface area contributed by atoms with E-state index in [1.54, 1.807) is 6.07 Å². The average Bonchev–Trinajstić information content (AvgIpc) is 3.16. The highest BCUT2D eigenvalue weighted by Crippen LogP contribution is 2.39. The van der Waals surface area contributed by atoms with Crippen LogP contribution in [0, 0.1) is 17.1 Å². The summed E-state index contributed by atoms with van der Waals surface area (Å²) >= 11 is 0. The normalized spacial score (nSPS) is 12.9. The summed E-state index contributed by atoms with van der Waals surface area (Å²) in [6.07, 6.45) is 6.59. The highest BCUT2D eigenvalue weighted by atomic mass is 19.1. The number of ether oxygens (including phenoxy) is 1. The Bertz CT molecular complexity index is 1010. The van der Waals surface area contributed by atoms with Crippen molar-refractivity contribution in [1.29, 1.82) is 5.26 Å². The van der Waals surface area contributed by atoms with Crippen LogP contribution in [-0.4, -0.2) is 38.4 Å². The number of phenolic OH excluding ortho intramolecular Hbond substituents is 1. The Labute approximate surface area is 166 Å². The van der Waals surface area contributed by atoms with E-state index in [0.717, 1.165) is 6.07 Å². The molecule has 10 heteroatoms. The molecule has 0 amide bonds. The van der Waals surface area contributed by atoms with Gasteiger partial charge in [0.25, 0.3) is 0 Å². The fourth-order valence-corrected chi connectivity index (χ4v) is 2.54. The van der Waals surface area contributed by atoms with Crippen LogP contribution in [0.2, 0.25) is 0 Å². The van der Waals surface area contributed by atoms with Gasteiger partial charge in [-0.25, -0.2) is 14.4 Å². The van der Waals surface area contributed by atoms with Crippen molar-refractivity contribution in [3.05, 3.63) is 42.1 Å². The van der Waals surface area contributed by atoms with Gasteiger partial charge in [0, 0.05) is 12.1 Å². The third-order valence-electron chi connectivity index (χ3n) is 4.31. The summed E-state index contributed by atoms with van der Waals surface area (Å²) in [5.74, 6) is -0.102. The van der Waals surface area contributed by atoms with Crippen molar-refractivity contribution in [2.75, 3.05) is 12.4 Å². The van der Waals surface area contributed by atoms with Gasteiger partial charge in [0.05, 0.1) is 30.8 Å². The zero-order valence-electron chi connectivity index (χ0n) is 15.7. The number of aromatic amines is 1. The average molecular weight is 397 g/mol. The van der Waals surface area contributed by atoms with Gasteiger partial charge in [-0.2, -0.15) is 10.4 Å². The molecule has 1 aromatic carbocycles. The standard InChI is InChI=1S/C15H11FN6O2.C4H9N/c1-24-15-9(16)2-3-11(23)14(15)10-4-12(22-21-10)20-13-7-18-8(5-17)6-19-13;5-4-2-1-3-4/h2-4,6-7,23H,1H3,(H2,19,20,21,22);4H,1-3,5H2. The number of nitrogens with zero attached hydrogens (tertiary/aromatic N) is 4. The molecule has 29 heavy (non-hydrogen) atoms. The molecular weight excluding hydrogens is 377 g/mol. The maximum absolute atomic E-state index is 13.8. The molecule has 3 aromatic rings. The predicted octanol–water partition coefficient (Wildman–Crippen LogP) is 2.83. The molecule has 4 rings (SSSR count). The summed E-state index contributed by atoms with van der Waals surface area (Å²) in [6, 6.07) is 6.32. The minimum absolute atomic E-state index is 0.0941. The summed E-state index contributed by atoms with van der Waals surface area (Å²) < 4.78 is 18.8. The molecule has 2 aromatic heterocycles. The van der Waals surface area contributed by atoms with Gasteiger partial charge in [-0.1, -0.05) is 6.42 Å². The van der Waals surface area contributed by atoms with E-state index in [4.69, 9.17) is 15.7 Å². The fraction of sp³-hybridized carbons (Fsp3) is 0.263. The van der Waals surface area contributed by atoms with Gasteiger partial charge in [-0.05, 0) is 25.0 Å². The van der Waals surface area contributed by atoms with Crippen LogP contribution < -0.4 is 15.8 Å². The van der Waals surface area contributed by atoms with E-state index in [2.05, 4.69) is 25.5 Å². The van der Waals surface area contributed by atoms with E-state index in [-0.39, 0.29) is 22.8 Å². The molecule has 1 aliphatic rings. The number of anilines is 2. The molecule has 0 unspecified atom stereocenters. The van der Waals surface area contributed by atoms with Crippen molar-refractivity contribution < 1.29 is 14.2 Å². The highest BCUT2D eigenvalue weighted by Gasteiger charge is 2.18. The lowest BCUT2D eigenvalue weighted by molar-refractivity contribution is 0.382. The number of nitriles is 1. The molecule has 1 fully saturated rings. The van der Waals surface area contributed by atoms with Crippen molar-refractivity contribution in [3.8, 4) is 28.8 Å². The Morgan fingerprint density at radius 3 is 2.62 bits per heavy atom. The molecule has 2 heterocycles. The SMILES string of the molecule is COc1c(F)ccc(O)c1-c1cc(Nc2cnc(C#N)cn2)n[nH]1.NC1CCC1. The quantitative estimate of drug-likeness (QED) is 0.526. The predicted molar refractivity (Wildman–Crippen MR) is 104 cm³/mol. The van der Waals surface area contributed by atoms with Gasteiger partial charge in [0.2, 0.25) is 0 Å². The zero-order chi connectivity index (χ0) is 20.8. The van der Waals surface area contributed by atoms with Gasteiger partial charge in [0.1, 0.15) is 17.6 Å². The number of hydrogen-bond donors (Lipinski definition) is 4. The summed E-state index contributed by atoms with van der Waals surface area (Å²) in [7, 11) is 1.31. The first-order valence-corrected chi connectivity index (χ1v) is 8.87. The second kappa shape index (κ2) is 8.99. The van der Waals surface area contributed by atoms with Crippen LogP contribution in [0.5, 0.6) is 11.5 Å². The van der Waals surface area contributed by atoms with Crippen molar-refractivity contribution in [3.63, 3.8) is 0 Å². The van der Waals surface area contributed by atoms with Gasteiger partial charge in [-0.15, -0.1) is 0 Å². The minimum Gasteiger partial charge on any atom is -0.507 e. The second-order valence-corrected chi connectivity index (χ2v) is 6.36. The highest BCUT2D eigenvalue weighted by molar-refractivity contribution is 5.76. The molecule has 0 bridgehead atoms. The number of phenols is 1. The molecule has 150 valence electrons. The van der Waals surface area contributed by atoms with E-state index in [1.807, 2.05) is 6.07 Å². The third-order valence-corrected chi connectivity index (χ3v) is 4.31. The molecular formula is C19H20FN7O2. The molecule has 0 aliphatic heterocycles. The largest absolute Gasteiger partial charge is 0.507 e. The van der Waals surface area contributed by atoms with Crippen LogP contribution in [0.25, 0.3) is 11.3 Å².